The number of carboxylic acids is 1. The molecule has 0 heterocycles. The summed E-state index contributed by atoms with van der Waals surface area (Å²) in [4.78, 5) is 11.8. The molecule has 7 heteroatoms. The van der Waals surface area contributed by atoms with Gasteiger partial charge in [-0.1, -0.05) is 29.8 Å². The number of ether oxygens (including phenoxy) is 1. The maximum Gasteiger partial charge on any atom is 0.339 e. The van der Waals surface area contributed by atoms with Crippen molar-refractivity contribution in [1.29, 1.82) is 0 Å². The molecule has 2 aromatic carbocycles. The van der Waals surface area contributed by atoms with Crippen molar-refractivity contribution >= 4 is 15.8 Å². The van der Waals surface area contributed by atoms with E-state index in [1.807, 2.05) is 19.9 Å². The first-order valence-corrected chi connectivity index (χ1v) is 9.88. The highest BCUT2D eigenvalue weighted by molar-refractivity contribution is 7.90. The zero-order valence-corrected chi connectivity index (χ0v) is 16.2. The maximum absolute atomic E-state index is 12.8. The number of aromatic carboxylic acids is 1. The van der Waals surface area contributed by atoms with Crippen LogP contribution in [0.1, 0.15) is 35.3 Å². The van der Waals surface area contributed by atoms with Gasteiger partial charge in [0.15, 0.2) is 9.84 Å². The highest BCUT2D eigenvalue weighted by Gasteiger charge is 2.27. The average Bonchev–Trinajstić information content (AvgIpc) is 2.60. The second kappa shape index (κ2) is 8.26. The number of rotatable bonds is 7. The third kappa shape index (κ3) is 4.68. The van der Waals surface area contributed by atoms with Gasteiger partial charge >= 0.3 is 5.97 Å². The minimum absolute atomic E-state index is 0.0284. The van der Waals surface area contributed by atoms with Gasteiger partial charge < -0.3 is 14.9 Å². The first kappa shape index (κ1) is 20.5. The molecule has 0 radical (unpaired) electrons. The van der Waals surface area contributed by atoms with E-state index in [-0.39, 0.29) is 22.6 Å². The van der Waals surface area contributed by atoms with E-state index in [1.165, 1.54) is 25.3 Å². The van der Waals surface area contributed by atoms with Gasteiger partial charge in [0.2, 0.25) is 0 Å². The number of hydrogen-bond donors (Lipinski definition) is 2. The summed E-state index contributed by atoms with van der Waals surface area (Å²) in [7, 11) is -2.44. The number of phenols is 1. The summed E-state index contributed by atoms with van der Waals surface area (Å²) in [6.07, 6.45) is 2.13. The average molecular weight is 390 g/mol. The van der Waals surface area contributed by atoms with E-state index in [4.69, 9.17) is 4.74 Å². The van der Waals surface area contributed by atoms with E-state index < -0.39 is 32.9 Å². The van der Waals surface area contributed by atoms with Crippen molar-refractivity contribution < 1.29 is 28.2 Å². The van der Waals surface area contributed by atoms with Crippen molar-refractivity contribution in [2.75, 3.05) is 7.11 Å². The van der Waals surface area contributed by atoms with E-state index in [1.54, 1.807) is 18.2 Å². The first-order chi connectivity index (χ1) is 12.7. The molecule has 2 N–H and O–H groups in total. The van der Waals surface area contributed by atoms with Crippen LogP contribution in [0.15, 0.2) is 52.9 Å². The fourth-order valence-electron chi connectivity index (χ4n) is 2.75. The van der Waals surface area contributed by atoms with Gasteiger partial charge in [-0.3, -0.25) is 0 Å². The molecule has 0 spiro atoms. The summed E-state index contributed by atoms with van der Waals surface area (Å²) in [5.41, 5.74) is 1.01. The van der Waals surface area contributed by atoms with E-state index in [0.717, 1.165) is 5.57 Å². The van der Waals surface area contributed by atoms with Crippen molar-refractivity contribution in [3.8, 4) is 11.5 Å². The molecular formula is C20H22O6S. The van der Waals surface area contributed by atoms with Crippen LogP contribution in [0.5, 0.6) is 11.5 Å². The quantitative estimate of drug-likeness (QED) is 0.701. The number of allylic oxidation sites excluding steroid dienone is 2. The maximum atomic E-state index is 12.8. The molecule has 0 aromatic heterocycles. The highest BCUT2D eigenvalue weighted by atomic mass is 32.2. The number of sulfone groups is 1. The zero-order chi connectivity index (χ0) is 20.2. The summed E-state index contributed by atoms with van der Waals surface area (Å²) in [5.74, 6) is -2.24. The van der Waals surface area contributed by atoms with Crippen molar-refractivity contribution in [3.05, 3.63) is 64.7 Å². The Morgan fingerprint density at radius 3 is 2.30 bits per heavy atom. The topological polar surface area (TPSA) is 101 Å². The second-order valence-electron chi connectivity index (χ2n) is 6.29. The molecule has 144 valence electrons. The van der Waals surface area contributed by atoms with Gasteiger partial charge in [0.25, 0.3) is 0 Å². The molecule has 27 heavy (non-hydrogen) atoms. The molecule has 0 atom stereocenters. The van der Waals surface area contributed by atoms with Crippen molar-refractivity contribution in [3.63, 3.8) is 0 Å². The van der Waals surface area contributed by atoms with E-state index in [2.05, 4.69) is 0 Å². The number of benzene rings is 2. The molecule has 0 fully saturated rings. The van der Waals surface area contributed by atoms with Gasteiger partial charge in [-0.15, -0.1) is 0 Å². The van der Waals surface area contributed by atoms with Crippen LogP contribution in [0.2, 0.25) is 0 Å². The molecule has 0 unspecified atom stereocenters. The monoisotopic (exact) mass is 390 g/mol. The third-order valence-corrected chi connectivity index (χ3v) is 5.73. The second-order valence-corrected chi connectivity index (χ2v) is 8.28. The smallest absolute Gasteiger partial charge is 0.339 e. The molecule has 0 aliphatic rings. The summed E-state index contributed by atoms with van der Waals surface area (Å²) in [6.45, 7) is 3.76. The van der Waals surface area contributed by atoms with Crippen molar-refractivity contribution in [1.82, 2.24) is 0 Å². The Kier molecular flexibility index (Phi) is 6.28. The summed E-state index contributed by atoms with van der Waals surface area (Å²) in [5, 5.41) is 19.7. The molecular weight excluding hydrogens is 368 g/mol. The summed E-state index contributed by atoms with van der Waals surface area (Å²) >= 11 is 0. The van der Waals surface area contributed by atoms with E-state index in [9.17, 15) is 23.4 Å². The minimum Gasteiger partial charge on any atom is -0.507 e. The fraction of sp³-hybridized carbons (Fsp3) is 0.250. The Balaban J connectivity index is 2.72. The van der Waals surface area contributed by atoms with Gasteiger partial charge in [0, 0.05) is 11.6 Å². The Bertz CT molecular complexity index is 971. The number of hydrogen-bond acceptors (Lipinski definition) is 5. The van der Waals surface area contributed by atoms with Crippen LogP contribution >= 0.6 is 0 Å². The lowest BCUT2D eigenvalue weighted by Gasteiger charge is -2.17. The van der Waals surface area contributed by atoms with Crippen molar-refractivity contribution in [2.24, 2.45) is 0 Å². The molecule has 6 nitrogen and oxygen atoms in total. The van der Waals surface area contributed by atoms with Crippen LogP contribution in [0.4, 0.5) is 0 Å². The predicted octanol–water partition coefficient (Wildman–Crippen LogP) is 3.58. The van der Waals surface area contributed by atoms with Gasteiger partial charge in [-0.05, 0) is 38.0 Å². The molecule has 0 saturated heterocycles. The van der Waals surface area contributed by atoms with Crippen LogP contribution in [-0.4, -0.2) is 31.7 Å². The van der Waals surface area contributed by atoms with E-state index >= 15 is 0 Å². The molecule has 0 amide bonds. The summed E-state index contributed by atoms with van der Waals surface area (Å²) < 4.78 is 31.0. The number of carbonyl (C=O) groups is 1. The molecule has 2 rings (SSSR count). The number of aromatic hydroxyl groups is 1. The lowest BCUT2D eigenvalue weighted by molar-refractivity contribution is 0.0692. The van der Waals surface area contributed by atoms with Crippen LogP contribution in [0, 0.1) is 0 Å². The SMILES string of the molecule is COc1cc(O)c(C(=O)O)c(CS(=O)(=O)c2ccccc2)c1CC=C(C)C. The first-order valence-electron chi connectivity index (χ1n) is 8.23. The largest absolute Gasteiger partial charge is 0.507 e. The standard InChI is InChI=1S/C20H22O6S/c1-13(2)9-10-15-16(12-27(24,25)14-7-5-4-6-8-14)19(20(22)23)17(21)11-18(15)26-3/h4-9,11,21H,10,12H2,1-3H3,(H,22,23). The van der Waals surface area contributed by atoms with Crippen LogP contribution < -0.4 is 4.74 Å². The summed E-state index contributed by atoms with van der Waals surface area (Å²) in [6, 6.07) is 8.99. The Hall–Kier alpha value is -2.80. The Labute approximate surface area is 158 Å². The molecule has 0 aliphatic heterocycles. The van der Waals surface area contributed by atoms with Gasteiger partial charge in [0.05, 0.1) is 17.8 Å². The van der Waals surface area contributed by atoms with Crippen LogP contribution in [0.25, 0.3) is 0 Å². The van der Waals surface area contributed by atoms with Gasteiger partial charge in [-0.25, -0.2) is 13.2 Å². The van der Waals surface area contributed by atoms with Crippen LogP contribution in [-0.2, 0) is 22.0 Å². The molecule has 0 saturated carbocycles. The Morgan fingerprint density at radius 1 is 1.15 bits per heavy atom. The lowest BCUT2D eigenvalue weighted by atomic mass is 9.97. The molecule has 0 bridgehead atoms. The van der Waals surface area contributed by atoms with Gasteiger partial charge in [0.1, 0.15) is 17.1 Å². The molecule has 0 aliphatic carbocycles. The van der Waals surface area contributed by atoms with Crippen molar-refractivity contribution in [2.45, 2.75) is 30.9 Å². The van der Waals surface area contributed by atoms with E-state index in [0.29, 0.717) is 5.56 Å². The predicted molar refractivity (Wildman–Crippen MR) is 102 cm³/mol. The Morgan fingerprint density at radius 2 is 1.78 bits per heavy atom. The number of methoxy groups -OCH3 is 1. The van der Waals surface area contributed by atoms with Crippen LogP contribution in [0.3, 0.4) is 0 Å². The highest BCUT2D eigenvalue weighted by Crippen LogP contribution is 2.36. The fourth-order valence-corrected chi connectivity index (χ4v) is 4.19. The normalized spacial score (nSPS) is 11.1. The van der Waals surface area contributed by atoms with Gasteiger partial charge in [-0.2, -0.15) is 0 Å². The number of carboxylic acid groups (broad SMARTS) is 1. The third-order valence-electron chi connectivity index (χ3n) is 4.07. The molecule has 2 aromatic rings. The minimum atomic E-state index is -3.82. The lowest BCUT2D eigenvalue weighted by Crippen LogP contribution is -2.13. The zero-order valence-electron chi connectivity index (χ0n) is 15.4.